The normalized spacial score (nSPS) is 16.1. The smallest absolute Gasteiger partial charge is 0.437 e. The minimum atomic E-state index is -5.10. The van der Waals surface area contributed by atoms with Gasteiger partial charge in [0.15, 0.2) is 11.3 Å². The topological polar surface area (TPSA) is 102 Å². The van der Waals surface area contributed by atoms with Gasteiger partial charge in [-0.1, -0.05) is 182 Å². The third-order valence-corrected chi connectivity index (χ3v) is 22.2. The van der Waals surface area contributed by atoms with Crippen molar-refractivity contribution in [2.45, 2.75) is 121 Å². The summed E-state index contributed by atoms with van der Waals surface area (Å²) in [6.45, 7) is 12.5. The standard InChI is InChI=1S/C63H65F3N4O3S2Si/c1-7-9-11-22-36-61(37-23-12-10-8-2)54-41-56(45-30-32-48(33-31-45)70(6)38-39-71-76(60(3,4)5,50-26-18-14-19-27-50)51-28-20-15-21-29-51)75-58(54)59-55(72-61)40-49(74-59)34-35-53-52(44-69)57(46(42-67)43-68)73-62(53,63(64,65)66)47-24-16-13-17-25-47/h13-21,24-35,40-41H,7-12,22-23,36-39H2,1-6H3/b35-34+. The zero-order chi connectivity index (χ0) is 54.1. The van der Waals surface area contributed by atoms with Crippen LogP contribution in [0.25, 0.3) is 26.3 Å². The highest BCUT2D eigenvalue weighted by atomic mass is 32.1. The second kappa shape index (κ2) is 23.7. The summed E-state index contributed by atoms with van der Waals surface area (Å²) in [5, 5.41) is 32.4. The lowest BCUT2D eigenvalue weighted by Gasteiger charge is -2.43. The fourth-order valence-electron chi connectivity index (χ4n) is 10.9. The molecule has 392 valence electrons. The third kappa shape index (κ3) is 10.8. The van der Waals surface area contributed by atoms with Gasteiger partial charge in [-0.25, -0.2) is 0 Å². The van der Waals surface area contributed by atoms with Gasteiger partial charge >= 0.3 is 6.18 Å². The average molecular weight is 1080 g/mol. The van der Waals surface area contributed by atoms with Crippen LogP contribution in [0.5, 0.6) is 5.75 Å². The van der Waals surface area contributed by atoms with Crippen molar-refractivity contribution in [1.29, 1.82) is 15.8 Å². The summed E-state index contributed by atoms with van der Waals surface area (Å²) in [6.07, 6.45) is 7.87. The van der Waals surface area contributed by atoms with Gasteiger partial charge in [0.1, 0.15) is 35.1 Å². The van der Waals surface area contributed by atoms with Crippen LogP contribution in [-0.2, 0) is 20.4 Å². The SMILES string of the molecule is CCCCCCC1(CCCCCC)Oc2cc(/C=C/C3=C(C#N)C(=C(C#N)C#N)OC3(c3ccccc3)C(F)(F)F)sc2-c2sc(-c3ccc(N(C)CCO[Si](c4ccccc4)(c4ccccc4)C(C)(C)C)cc3)cc21. The van der Waals surface area contributed by atoms with E-state index in [0.29, 0.717) is 23.8 Å². The van der Waals surface area contributed by atoms with E-state index >= 15 is 13.2 Å². The molecule has 76 heavy (non-hydrogen) atoms. The molecule has 8 rings (SSSR count). The van der Waals surface area contributed by atoms with E-state index in [1.807, 2.05) is 12.1 Å². The molecule has 2 aliphatic heterocycles. The number of unbranched alkanes of at least 4 members (excludes halogenated alkanes) is 6. The zero-order valence-electron chi connectivity index (χ0n) is 44.2. The van der Waals surface area contributed by atoms with E-state index in [2.05, 4.69) is 138 Å². The number of halogens is 3. The molecule has 0 aliphatic carbocycles. The Morgan fingerprint density at radius 2 is 1.29 bits per heavy atom. The molecule has 4 heterocycles. The Bertz CT molecular complexity index is 3130. The van der Waals surface area contributed by atoms with Gasteiger partial charge in [-0.3, -0.25) is 0 Å². The van der Waals surface area contributed by atoms with Crippen molar-refractivity contribution in [2.24, 2.45) is 0 Å². The molecule has 7 nitrogen and oxygen atoms in total. The van der Waals surface area contributed by atoms with Gasteiger partial charge in [0.2, 0.25) is 0 Å². The highest BCUT2D eigenvalue weighted by Gasteiger charge is 2.65. The molecule has 0 fully saturated rings. The first kappa shape index (κ1) is 55.6. The van der Waals surface area contributed by atoms with Crippen molar-refractivity contribution >= 4 is 53.1 Å². The number of allylic oxidation sites excluding steroid dienone is 2. The molecule has 1 atom stereocenters. The van der Waals surface area contributed by atoms with Crippen molar-refractivity contribution < 1.29 is 27.1 Å². The Kier molecular flexibility index (Phi) is 17.3. The molecule has 6 aromatic rings. The molecule has 1 unspecified atom stereocenters. The van der Waals surface area contributed by atoms with Crippen LogP contribution in [0.3, 0.4) is 0 Å². The highest BCUT2D eigenvalue weighted by Crippen LogP contribution is 2.59. The van der Waals surface area contributed by atoms with E-state index in [9.17, 15) is 15.8 Å². The molecule has 0 amide bonds. The summed E-state index contributed by atoms with van der Waals surface area (Å²) in [7, 11) is -0.601. The van der Waals surface area contributed by atoms with Gasteiger partial charge < -0.3 is 18.8 Å². The molecular formula is C63H65F3N4O3S2Si. The lowest BCUT2D eigenvalue weighted by molar-refractivity contribution is -0.249. The molecule has 4 aromatic carbocycles. The van der Waals surface area contributed by atoms with Crippen LogP contribution in [0, 0.1) is 34.0 Å². The third-order valence-electron chi connectivity index (χ3n) is 14.8. The zero-order valence-corrected chi connectivity index (χ0v) is 46.9. The van der Waals surface area contributed by atoms with Gasteiger partial charge in [-0.2, -0.15) is 29.0 Å². The number of alkyl halides is 3. The second-order valence-electron chi connectivity index (χ2n) is 20.7. The number of ether oxygens (including phenoxy) is 2. The van der Waals surface area contributed by atoms with Crippen LogP contribution < -0.4 is 20.0 Å². The van der Waals surface area contributed by atoms with Crippen molar-refractivity contribution in [3.63, 3.8) is 0 Å². The van der Waals surface area contributed by atoms with Crippen molar-refractivity contribution in [1.82, 2.24) is 0 Å². The Morgan fingerprint density at radius 1 is 0.711 bits per heavy atom. The minimum absolute atomic E-state index is 0.131. The van der Waals surface area contributed by atoms with Gasteiger partial charge in [0.25, 0.3) is 13.9 Å². The lowest BCUT2D eigenvalue weighted by Crippen LogP contribution is -2.67. The van der Waals surface area contributed by atoms with E-state index in [-0.39, 0.29) is 10.6 Å². The van der Waals surface area contributed by atoms with Crippen LogP contribution in [0.4, 0.5) is 18.9 Å². The van der Waals surface area contributed by atoms with E-state index in [0.717, 1.165) is 95.7 Å². The first-order chi connectivity index (χ1) is 36.6. The van der Waals surface area contributed by atoms with Gasteiger partial charge in [0, 0.05) is 45.7 Å². The summed E-state index contributed by atoms with van der Waals surface area (Å²) >= 11 is 3.12. The Morgan fingerprint density at radius 3 is 1.82 bits per heavy atom. The van der Waals surface area contributed by atoms with Crippen molar-refractivity contribution in [3.05, 3.63) is 172 Å². The first-order valence-electron chi connectivity index (χ1n) is 26.3. The molecule has 0 saturated carbocycles. The lowest BCUT2D eigenvalue weighted by atomic mass is 9.81. The molecule has 0 bridgehead atoms. The van der Waals surface area contributed by atoms with Gasteiger partial charge in [-0.15, -0.1) is 22.7 Å². The van der Waals surface area contributed by atoms with E-state index in [1.165, 1.54) is 52.1 Å². The summed E-state index contributed by atoms with van der Waals surface area (Å²) in [5.74, 6) is -0.0261. The maximum absolute atomic E-state index is 15.7. The van der Waals surface area contributed by atoms with Crippen LogP contribution in [0.1, 0.15) is 115 Å². The summed E-state index contributed by atoms with van der Waals surface area (Å²) < 4.78 is 67.3. The summed E-state index contributed by atoms with van der Waals surface area (Å²) in [6, 6.07) is 46.4. The molecule has 0 N–H and O–H groups in total. The fourth-order valence-corrected chi connectivity index (χ4v) is 17.8. The Hall–Kier alpha value is -6.66. The molecular weight excluding hydrogens is 1010 g/mol. The monoisotopic (exact) mass is 1070 g/mol. The fraction of sp³-hybridized carbons (Fsp3) is 0.349. The number of hydrogen-bond donors (Lipinski definition) is 0. The number of nitrogens with zero attached hydrogens (tertiary/aromatic N) is 4. The second-order valence-corrected chi connectivity index (χ2v) is 27.1. The quantitative estimate of drug-likeness (QED) is 0.0402. The molecule has 0 spiro atoms. The molecule has 13 heteroatoms. The number of hydrogen-bond acceptors (Lipinski definition) is 9. The number of likely N-dealkylation sites (N-methyl/N-ethyl adjacent to an activating group) is 1. The van der Waals surface area contributed by atoms with Crippen LogP contribution >= 0.6 is 22.7 Å². The van der Waals surface area contributed by atoms with E-state index in [1.54, 1.807) is 35.6 Å². The first-order valence-corrected chi connectivity index (χ1v) is 29.9. The molecule has 0 radical (unpaired) electrons. The largest absolute Gasteiger partial charge is 0.481 e. The predicted octanol–water partition coefficient (Wildman–Crippen LogP) is 16.3. The summed E-state index contributed by atoms with van der Waals surface area (Å²) in [5.41, 5.74) is -2.56. The number of thiophene rings is 2. The number of benzene rings is 4. The van der Waals surface area contributed by atoms with E-state index < -0.39 is 48.2 Å². The number of anilines is 1. The van der Waals surface area contributed by atoms with Crippen LogP contribution in [-0.4, -0.2) is 34.7 Å². The van der Waals surface area contributed by atoms with Crippen LogP contribution in [0.2, 0.25) is 5.04 Å². The van der Waals surface area contributed by atoms with Gasteiger partial charge in [-0.05, 0) is 77.0 Å². The van der Waals surface area contributed by atoms with Crippen molar-refractivity contribution in [2.75, 3.05) is 25.1 Å². The van der Waals surface area contributed by atoms with Gasteiger partial charge in [0.05, 0.1) is 16.4 Å². The number of fused-ring (bicyclic) bond motifs is 3. The maximum atomic E-state index is 15.7. The van der Waals surface area contributed by atoms with E-state index in [4.69, 9.17) is 13.9 Å². The molecule has 2 aliphatic rings. The Labute approximate surface area is 456 Å². The minimum Gasteiger partial charge on any atom is -0.481 e. The Balaban J connectivity index is 1.15. The average Bonchev–Trinajstić information content (AvgIpc) is 4.24. The molecule has 2 aromatic heterocycles. The highest BCUT2D eigenvalue weighted by molar-refractivity contribution is 7.24. The predicted molar refractivity (Wildman–Crippen MR) is 305 cm³/mol. The summed E-state index contributed by atoms with van der Waals surface area (Å²) in [4.78, 5) is 5.92. The van der Waals surface area contributed by atoms with Crippen molar-refractivity contribution in [3.8, 4) is 44.2 Å². The maximum Gasteiger partial charge on any atom is 0.437 e. The molecule has 0 saturated heterocycles. The number of nitriles is 3. The number of rotatable bonds is 21. The van der Waals surface area contributed by atoms with Crippen LogP contribution in [0.15, 0.2) is 156 Å².